The largest absolute Gasteiger partial charge is 0.465 e. The zero-order chi connectivity index (χ0) is 24.7. The van der Waals surface area contributed by atoms with Crippen LogP contribution in [0.1, 0.15) is 46.7 Å². The lowest BCUT2D eigenvalue weighted by Gasteiger charge is -2.40. The number of methoxy groups -OCH3 is 1. The van der Waals surface area contributed by atoms with Gasteiger partial charge in [-0.15, -0.1) is 0 Å². The molecule has 0 amide bonds. The first-order valence-electron chi connectivity index (χ1n) is 10.8. The number of fused-ring (bicyclic) bond motifs is 1. The number of ketones is 2. The smallest absolute Gasteiger partial charge is 0.450 e. The predicted molar refractivity (Wildman–Crippen MR) is 128 cm³/mol. The number of halogens is 4. The quantitative estimate of drug-likeness (QED) is 0.448. The Bertz CT molecular complexity index is 1160. The van der Waals surface area contributed by atoms with E-state index in [-0.39, 0.29) is 55.4 Å². The summed E-state index contributed by atoms with van der Waals surface area (Å²) >= 11 is 6.23. The molecular weight excluding hydrogens is 505 g/mol. The molecule has 35 heavy (non-hydrogen) atoms. The summed E-state index contributed by atoms with van der Waals surface area (Å²) in [5.74, 6) is -2.98. The number of hydrogen-bond donors (Lipinski definition) is 0. The molecule has 0 aromatic heterocycles. The maximum Gasteiger partial charge on any atom is 0.450 e. The van der Waals surface area contributed by atoms with Crippen LogP contribution in [0.5, 0.6) is 0 Å². The molecule has 2 aliphatic rings. The molecule has 188 valence electrons. The third-order valence-electron chi connectivity index (χ3n) is 6.65. The minimum atomic E-state index is -4.97. The highest BCUT2D eigenvalue weighted by Crippen LogP contribution is 2.43. The van der Waals surface area contributed by atoms with Crippen LogP contribution < -0.4 is 0 Å². The molecule has 10 heteroatoms. The number of alkyl halides is 3. The third kappa shape index (κ3) is 5.27. The van der Waals surface area contributed by atoms with Gasteiger partial charge in [0.1, 0.15) is 5.78 Å². The Hall–Kier alpha value is -2.36. The van der Waals surface area contributed by atoms with Crippen molar-refractivity contribution in [3.05, 3.63) is 58.1 Å². The van der Waals surface area contributed by atoms with Gasteiger partial charge in [0.25, 0.3) is 0 Å². The Morgan fingerprint density at radius 3 is 2.49 bits per heavy atom. The molecule has 1 aliphatic carbocycles. The van der Waals surface area contributed by atoms with Crippen LogP contribution in [-0.2, 0) is 25.5 Å². The van der Waals surface area contributed by atoms with Crippen LogP contribution in [0.2, 0.25) is 5.02 Å². The Kier molecular flexibility index (Phi) is 8.03. The summed E-state index contributed by atoms with van der Waals surface area (Å²) in [4.78, 5) is 36.8. The molecule has 1 fully saturated rings. The van der Waals surface area contributed by atoms with E-state index >= 15 is 0 Å². The molecule has 1 saturated heterocycles. The summed E-state index contributed by atoms with van der Waals surface area (Å²) in [7, 11) is 1.28. The van der Waals surface area contributed by atoms with Gasteiger partial charge in [0.05, 0.1) is 36.3 Å². The van der Waals surface area contributed by atoms with Crippen molar-refractivity contribution in [3.63, 3.8) is 0 Å². The van der Waals surface area contributed by atoms with E-state index in [0.717, 1.165) is 16.7 Å². The standard InChI is InChI=1S/C25H22ClF3O5.H2S/c1-33-23(32)22-18(3-2-4-19(22)26)15-7-8-17-14(9-15)5-6-16(17)10-20(30)24(12-34-13-24)11-21(31)25(27,28)29;/h2-4,7-9,16H,5-6,10-13H2,1H3;1H2/t16-;/m1./s1. The van der Waals surface area contributed by atoms with Crippen molar-refractivity contribution in [1.82, 2.24) is 0 Å². The Labute approximate surface area is 212 Å². The first-order chi connectivity index (χ1) is 16.1. The normalized spacial score (nSPS) is 18.1. The third-order valence-corrected chi connectivity index (χ3v) is 6.97. The van der Waals surface area contributed by atoms with Crippen LogP contribution in [0, 0.1) is 5.41 Å². The van der Waals surface area contributed by atoms with E-state index < -0.39 is 29.8 Å². The molecule has 0 unspecified atom stereocenters. The van der Waals surface area contributed by atoms with E-state index in [9.17, 15) is 27.6 Å². The molecule has 0 N–H and O–H groups in total. The molecule has 1 atom stereocenters. The molecule has 5 nitrogen and oxygen atoms in total. The molecule has 0 radical (unpaired) electrons. The number of esters is 1. The van der Waals surface area contributed by atoms with E-state index in [0.29, 0.717) is 18.4 Å². The topological polar surface area (TPSA) is 69.7 Å². The van der Waals surface area contributed by atoms with Gasteiger partial charge in [-0.1, -0.05) is 41.9 Å². The number of rotatable bonds is 7. The lowest BCUT2D eigenvalue weighted by molar-refractivity contribution is -0.186. The van der Waals surface area contributed by atoms with Gasteiger partial charge in [0, 0.05) is 12.8 Å². The van der Waals surface area contributed by atoms with E-state index in [1.165, 1.54) is 7.11 Å². The summed E-state index contributed by atoms with van der Waals surface area (Å²) in [5.41, 5.74) is 2.20. The minimum Gasteiger partial charge on any atom is -0.465 e. The number of benzene rings is 2. The zero-order valence-corrected chi connectivity index (χ0v) is 20.6. The van der Waals surface area contributed by atoms with Crippen molar-refractivity contribution in [2.24, 2.45) is 5.41 Å². The molecule has 0 bridgehead atoms. The first-order valence-corrected chi connectivity index (χ1v) is 11.1. The van der Waals surface area contributed by atoms with E-state index in [4.69, 9.17) is 21.1 Å². The average Bonchev–Trinajstić information content (AvgIpc) is 3.16. The number of Topliss-reactive ketones (excluding diaryl/α,β-unsaturated/α-hetero) is 2. The van der Waals surface area contributed by atoms with Crippen molar-refractivity contribution in [2.75, 3.05) is 20.3 Å². The van der Waals surface area contributed by atoms with Gasteiger partial charge in [-0.05, 0) is 47.1 Å². The van der Waals surface area contributed by atoms with Crippen molar-refractivity contribution in [1.29, 1.82) is 0 Å². The van der Waals surface area contributed by atoms with Gasteiger partial charge >= 0.3 is 12.1 Å². The van der Waals surface area contributed by atoms with Gasteiger partial charge in [0.15, 0.2) is 0 Å². The predicted octanol–water partition coefficient (Wildman–Crippen LogP) is 5.43. The van der Waals surface area contributed by atoms with Gasteiger partial charge in [-0.3, -0.25) is 9.59 Å². The summed E-state index contributed by atoms with van der Waals surface area (Å²) in [6, 6.07) is 10.8. The number of ether oxygens (including phenoxy) is 2. The number of aryl methyl sites for hydroxylation is 1. The highest BCUT2D eigenvalue weighted by Gasteiger charge is 2.52. The van der Waals surface area contributed by atoms with Crippen molar-refractivity contribution in [2.45, 2.75) is 37.8 Å². The summed E-state index contributed by atoms with van der Waals surface area (Å²) < 4.78 is 48.2. The monoisotopic (exact) mass is 528 g/mol. The maximum atomic E-state index is 13.0. The summed E-state index contributed by atoms with van der Waals surface area (Å²) in [6.07, 6.45) is -4.46. The van der Waals surface area contributed by atoms with Crippen molar-refractivity contribution < 1.29 is 37.0 Å². The molecule has 2 aromatic carbocycles. The minimum absolute atomic E-state index is 0. The molecule has 0 spiro atoms. The average molecular weight is 529 g/mol. The second-order valence-electron chi connectivity index (χ2n) is 8.80. The maximum absolute atomic E-state index is 13.0. The van der Waals surface area contributed by atoms with Crippen molar-refractivity contribution >= 4 is 42.6 Å². The lowest BCUT2D eigenvalue weighted by Crippen LogP contribution is -2.52. The second-order valence-corrected chi connectivity index (χ2v) is 9.21. The van der Waals surface area contributed by atoms with Crippen LogP contribution >= 0.6 is 25.1 Å². The van der Waals surface area contributed by atoms with Crippen LogP contribution in [-0.4, -0.2) is 44.0 Å². The van der Waals surface area contributed by atoms with E-state index in [1.807, 2.05) is 18.2 Å². The van der Waals surface area contributed by atoms with Gasteiger partial charge in [-0.2, -0.15) is 26.7 Å². The number of carbonyl (C=O) groups is 3. The highest BCUT2D eigenvalue weighted by atomic mass is 35.5. The van der Waals surface area contributed by atoms with Crippen LogP contribution in [0.25, 0.3) is 11.1 Å². The lowest BCUT2D eigenvalue weighted by atomic mass is 9.73. The second kappa shape index (κ2) is 10.3. The molecule has 4 rings (SSSR count). The van der Waals surface area contributed by atoms with Crippen LogP contribution in [0.4, 0.5) is 13.2 Å². The molecule has 1 heterocycles. The van der Waals surface area contributed by atoms with Gasteiger partial charge in [0.2, 0.25) is 5.78 Å². The summed E-state index contributed by atoms with van der Waals surface area (Å²) in [6.45, 7) is -0.339. The fraction of sp³-hybridized carbons (Fsp3) is 0.400. The highest BCUT2D eigenvalue weighted by molar-refractivity contribution is 7.59. The molecule has 2 aromatic rings. The van der Waals surface area contributed by atoms with Gasteiger partial charge in [-0.25, -0.2) is 4.79 Å². The molecule has 0 saturated carbocycles. The zero-order valence-electron chi connectivity index (χ0n) is 18.8. The fourth-order valence-corrected chi connectivity index (χ4v) is 4.97. The molecule has 1 aliphatic heterocycles. The Balaban J connectivity index is 0.00000342. The summed E-state index contributed by atoms with van der Waals surface area (Å²) in [5, 5.41) is 0.273. The Morgan fingerprint density at radius 1 is 1.17 bits per heavy atom. The fourth-order valence-electron chi connectivity index (χ4n) is 4.72. The van der Waals surface area contributed by atoms with Crippen molar-refractivity contribution in [3.8, 4) is 11.1 Å². The molecular formula is C25H24ClF3O5S. The van der Waals surface area contributed by atoms with E-state index in [2.05, 4.69) is 0 Å². The van der Waals surface area contributed by atoms with Crippen LogP contribution in [0.15, 0.2) is 36.4 Å². The SMILES string of the molecule is COC(=O)c1c(Cl)cccc1-c1ccc2c(c1)CC[C@@H]2CC(=O)C1(CC(=O)C(F)(F)F)COC1.S. The number of carbonyl (C=O) groups excluding carboxylic acids is 3. The van der Waals surface area contributed by atoms with Crippen LogP contribution in [0.3, 0.4) is 0 Å². The number of hydrogen-bond acceptors (Lipinski definition) is 5. The Morgan fingerprint density at radius 2 is 1.89 bits per heavy atom. The first kappa shape index (κ1) is 27.2. The van der Waals surface area contributed by atoms with E-state index in [1.54, 1.807) is 18.2 Å². The van der Waals surface area contributed by atoms with Gasteiger partial charge < -0.3 is 9.47 Å².